The predicted molar refractivity (Wildman–Crippen MR) is 78.7 cm³/mol. The Bertz CT molecular complexity index is 757. The molecule has 0 saturated carbocycles. The minimum Gasteiger partial charge on any atom is -0.455 e. The quantitative estimate of drug-likeness (QED) is 0.700. The van der Waals surface area contributed by atoms with E-state index >= 15 is 0 Å². The average Bonchev–Trinajstić information content (AvgIpc) is 2.78. The summed E-state index contributed by atoms with van der Waals surface area (Å²) in [6, 6.07) is 15.8. The fourth-order valence-electron chi connectivity index (χ4n) is 2.25. The van der Waals surface area contributed by atoms with E-state index < -0.39 is 10.8 Å². The van der Waals surface area contributed by atoms with Crippen LogP contribution < -0.4 is 0 Å². The monoisotopic (exact) mass is 270 g/mol. The standard InChI is InChI=1S/C16H14O2S/c1-11-8-9-14-13(10-11)16(19(2)17)15(18-14)12-6-4-3-5-7-12/h3-10H,1-2H3. The van der Waals surface area contributed by atoms with Crippen LogP contribution in [0.4, 0.5) is 0 Å². The fraction of sp³-hybridized carbons (Fsp3) is 0.125. The molecule has 3 aromatic rings. The summed E-state index contributed by atoms with van der Waals surface area (Å²) >= 11 is 0. The third kappa shape index (κ3) is 2.10. The second-order valence-electron chi connectivity index (χ2n) is 4.58. The van der Waals surface area contributed by atoms with E-state index in [1.54, 1.807) is 6.26 Å². The Morgan fingerprint density at radius 2 is 1.79 bits per heavy atom. The van der Waals surface area contributed by atoms with Gasteiger partial charge in [0, 0.05) is 17.2 Å². The molecule has 0 saturated heterocycles. The Labute approximate surface area is 114 Å². The highest BCUT2D eigenvalue weighted by Gasteiger charge is 2.18. The van der Waals surface area contributed by atoms with Crippen LogP contribution in [0, 0.1) is 6.92 Å². The first-order valence-corrected chi connectivity index (χ1v) is 7.64. The number of aryl methyl sites for hydroxylation is 1. The first-order valence-electron chi connectivity index (χ1n) is 6.09. The number of fused-ring (bicyclic) bond motifs is 1. The molecule has 1 aromatic heterocycles. The number of rotatable bonds is 2. The molecule has 1 heterocycles. The molecule has 0 bridgehead atoms. The number of hydrogen-bond acceptors (Lipinski definition) is 2. The van der Waals surface area contributed by atoms with Gasteiger partial charge in [-0.15, -0.1) is 0 Å². The first kappa shape index (κ1) is 12.2. The van der Waals surface area contributed by atoms with Gasteiger partial charge in [-0.2, -0.15) is 0 Å². The molecule has 0 aliphatic carbocycles. The summed E-state index contributed by atoms with van der Waals surface area (Å²) in [4.78, 5) is 0.782. The molecule has 0 amide bonds. The van der Waals surface area contributed by atoms with Crippen molar-refractivity contribution in [1.82, 2.24) is 0 Å². The van der Waals surface area contributed by atoms with Gasteiger partial charge in [-0.3, -0.25) is 4.21 Å². The lowest BCUT2D eigenvalue weighted by Crippen LogP contribution is -1.89. The van der Waals surface area contributed by atoms with E-state index in [4.69, 9.17) is 4.42 Å². The van der Waals surface area contributed by atoms with Crippen LogP contribution in [0.2, 0.25) is 0 Å². The third-order valence-electron chi connectivity index (χ3n) is 3.12. The molecule has 96 valence electrons. The third-order valence-corrected chi connectivity index (χ3v) is 4.10. The lowest BCUT2D eigenvalue weighted by atomic mass is 10.1. The molecule has 2 nitrogen and oxygen atoms in total. The van der Waals surface area contributed by atoms with E-state index in [-0.39, 0.29) is 0 Å². The zero-order valence-electron chi connectivity index (χ0n) is 10.8. The second kappa shape index (κ2) is 4.67. The predicted octanol–water partition coefficient (Wildman–Crippen LogP) is 4.15. The smallest absolute Gasteiger partial charge is 0.151 e. The van der Waals surface area contributed by atoms with Gasteiger partial charge in [0.15, 0.2) is 5.76 Å². The van der Waals surface area contributed by atoms with E-state index in [2.05, 4.69) is 0 Å². The molecule has 0 spiro atoms. The van der Waals surface area contributed by atoms with Crippen LogP contribution >= 0.6 is 0 Å². The molecular weight excluding hydrogens is 256 g/mol. The van der Waals surface area contributed by atoms with Crippen molar-refractivity contribution in [3.05, 3.63) is 54.1 Å². The van der Waals surface area contributed by atoms with Gasteiger partial charge in [-0.25, -0.2) is 0 Å². The summed E-state index contributed by atoms with van der Waals surface area (Å²) in [5.74, 6) is 0.710. The van der Waals surface area contributed by atoms with E-state index in [0.717, 1.165) is 27.0 Å². The fourth-order valence-corrected chi connectivity index (χ4v) is 3.14. The minimum absolute atomic E-state index is 0.710. The van der Waals surface area contributed by atoms with Crippen LogP contribution in [-0.2, 0) is 10.8 Å². The van der Waals surface area contributed by atoms with Gasteiger partial charge >= 0.3 is 0 Å². The van der Waals surface area contributed by atoms with Crippen molar-refractivity contribution in [3.63, 3.8) is 0 Å². The first-order chi connectivity index (χ1) is 9.16. The number of benzene rings is 2. The van der Waals surface area contributed by atoms with Crippen molar-refractivity contribution >= 4 is 21.8 Å². The van der Waals surface area contributed by atoms with E-state index in [9.17, 15) is 4.21 Å². The van der Waals surface area contributed by atoms with Crippen LogP contribution in [-0.4, -0.2) is 10.5 Å². The summed E-state index contributed by atoms with van der Waals surface area (Å²) < 4.78 is 18.0. The second-order valence-corrected chi connectivity index (χ2v) is 5.90. The van der Waals surface area contributed by atoms with Crippen LogP contribution in [0.15, 0.2) is 57.8 Å². The Balaban J connectivity index is 2.36. The molecule has 19 heavy (non-hydrogen) atoms. The lowest BCUT2D eigenvalue weighted by molar-refractivity contribution is 0.622. The van der Waals surface area contributed by atoms with Crippen molar-refractivity contribution in [3.8, 4) is 11.3 Å². The maximum atomic E-state index is 12.1. The van der Waals surface area contributed by atoms with Gasteiger partial charge in [-0.1, -0.05) is 42.0 Å². The summed E-state index contributed by atoms with van der Waals surface area (Å²) in [5, 5.41) is 0.944. The van der Waals surface area contributed by atoms with E-state index in [1.807, 2.05) is 55.5 Å². The van der Waals surface area contributed by atoms with Crippen molar-refractivity contribution in [2.24, 2.45) is 0 Å². The molecule has 1 atom stereocenters. The van der Waals surface area contributed by atoms with Gasteiger partial charge in [0.1, 0.15) is 5.58 Å². The molecule has 2 aromatic carbocycles. The molecule has 1 unspecified atom stereocenters. The molecule has 0 aliphatic rings. The summed E-state index contributed by atoms with van der Waals surface area (Å²) in [6.45, 7) is 2.02. The molecule has 0 fully saturated rings. The Morgan fingerprint density at radius 1 is 1.05 bits per heavy atom. The molecular formula is C16H14O2S. The highest BCUT2D eigenvalue weighted by atomic mass is 32.2. The lowest BCUT2D eigenvalue weighted by Gasteiger charge is -1.99. The molecule has 3 rings (SSSR count). The van der Waals surface area contributed by atoms with Gasteiger partial charge in [-0.05, 0) is 19.1 Å². The van der Waals surface area contributed by atoms with Crippen LogP contribution in [0.5, 0.6) is 0 Å². The highest BCUT2D eigenvalue weighted by Crippen LogP contribution is 2.35. The van der Waals surface area contributed by atoms with Gasteiger partial charge in [0.25, 0.3) is 0 Å². The van der Waals surface area contributed by atoms with Crippen LogP contribution in [0.1, 0.15) is 5.56 Å². The Morgan fingerprint density at radius 3 is 2.47 bits per heavy atom. The van der Waals surface area contributed by atoms with Gasteiger partial charge in [0.05, 0.1) is 15.7 Å². The largest absolute Gasteiger partial charge is 0.455 e. The zero-order chi connectivity index (χ0) is 13.4. The number of hydrogen-bond donors (Lipinski definition) is 0. The number of furan rings is 1. The van der Waals surface area contributed by atoms with Gasteiger partial charge < -0.3 is 4.42 Å². The summed E-state index contributed by atoms with van der Waals surface area (Å²) in [5.41, 5.74) is 2.89. The average molecular weight is 270 g/mol. The Kier molecular flexibility index (Phi) is 2.99. The Hall–Kier alpha value is -1.87. The van der Waals surface area contributed by atoms with Crippen molar-refractivity contribution < 1.29 is 8.63 Å². The topological polar surface area (TPSA) is 30.2 Å². The van der Waals surface area contributed by atoms with Crippen molar-refractivity contribution in [1.29, 1.82) is 0 Å². The highest BCUT2D eigenvalue weighted by molar-refractivity contribution is 7.84. The molecule has 3 heteroatoms. The maximum absolute atomic E-state index is 12.1. The molecule has 0 radical (unpaired) electrons. The zero-order valence-corrected chi connectivity index (χ0v) is 11.7. The normalized spacial score (nSPS) is 12.7. The molecule has 0 aliphatic heterocycles. The van der Waals surface area contributed by atoms with E-state index in [1.165, 1.54) is 0 Å². The maximum Gasteiger partial charge on any atom is 0.151 e. The SMILES string of the molecule is Cc1ccc2oc(-c3ccccc3)c(S(C)=O)c2c1. The summed E-state index contributed by atoms with van der Waals surface area (Å²) in [6.07, 6.45) is 1.69. The van der Waals surface area contributed by atoms with E-state index in [0.29, 0.717) is 5.76 Å². The van der Waals surface area contributed by atoms with Crippen LogP contribution in [0.3, 0.4) is 0 Å². The molecule has 0 N–H and O–H groups in total. The van der Waals surface area contributed by atoms with Crippen molar-refractivity contribution in [2.75, 3.05) is 6.26 Å². The van der Waals surface area contributed by atoms with Crippen LogP contribution in [0.25, 0.3) is 22.3 Å². The minimum atomic E-state index is -1.09. The van der Waals surface area contributed by atoms with Crippen molar-refractivity contribution in [2.45, 2.75) is 11.8 Å². The summed E-state index contributed by atoms with van der Waals surface area (Å²) in [7, 11) is -1.09. The van der Waals surface area contributed by atoms with Gasteiger partial charge in [0.2, 0.25) is 0 Å².